The maximum atomic E-state index is 11.4. The zero-order valence-electron chi connectivity index (χ0n) is 9.18. The lowest BCUT2D eigenvalue weighted by molar-refractivity contribution is -0.873. The summed E-state index contributed by atoms with van der Waals surface area (Å²) < 4.78 is -0.807. The van der Waals surface area contributed by atoms with Crippen LogP contribution in [0.2, 0.25) is 0 Å². The largest absolute Gasteiger partial charge is 1.00 e. The van der Waals surface area contributed by atoms with Crippen molar-refractivity contribution in [3.8, 4) is 0 Å². The van der Waals surface area contributed by atoms with Gasteiger partial charge < -0.3 is 26.6 Å². The van der Waals surface area contributed by atoms with E-state index in [0.717, 1.165) is 6.42 Å². The minimum atomic E-state index is -1.36. The van der Waals surface area contributed by atoms with E-state index in [1.165, 1.54) is 0 Å². The summed E-state index contributed by atoms with van der Waals surface area (Å²) in [6, 6.07) is 0. The molecule has 0 radical (unpaired) electrons. The number of halogens is 2. The SMILES string of the molecule is CCCC(=O)C(O)(Br)C[N+](C)(C)C.[Br-]. The lowest BCUT2D eigenvalue weighted by Crippen LogP contribution is -3.00. The predicted octanol–water partition coefficient (Wildman–Crippen LogP) is -1.85. The number of hydrogen-bond donors (Lipinski definition) is 1. The van der Waals surface area contributed by atoms with Gasteiger partial charge in [0.1, 0.15) is 6.54 Å². The standard InChI is InChI=1S/C9H19BrNO2.BrH/c1-5-6-8(12)9(10,13)7-11(2,3)4;/h13H,5-7H2,1-4H3;1H/q+1;/p-1. The summed E-state index contributed by atoms with van der Waals surface area (Å²) in [6.07, 6.45) is 1.19. The molecule has 0 rings (SSSR count). The van der Waals surface area contributed by atoms with E-state index >= 15 is 0 Å². The molecule has 0 aliphatic heterocycles. The highest BCUT2D eigenvalue weighted by Gasteiger charge is 2.37. The molecule has 0 bridgehead atoms. The van der Waals surface area contributed by atoms with Crippen molar-refractivity contribution in [2.45, 2.75) is 24.3 Å². The maximum Gasteiger partial charge on any atom is 0.227 e. The zero-order valence-corrected chi connectivity index (χ0v) is 12.4. The summed E-state index contributed by atoms with van der Waals surface area (Å²) in [5.74, 6) is -0.136. The first-order valence-electron chi connectivity index (χ1n) is 4.44. The fourth-order valence-electron chi connectivity index (χ4n) is 1.14. The first-order valence-corrected chi connectivity index (χ1v) is 5.23. The average Bonchev–Trinajstić information content (AvgIpc) is 1.82. The van der Waals surface area contributed by atoms with Gasteiger partial charge in [-0.15, -0.1) is 0 Å². The van der Waals surface area contributed by atoms with Crippen LogP contribution in [0.4, 0.5) is 0 Å². The molecule has 14 heavy (non-hydrogen) atoms. The van der Waals surface area contributed by atoms with Gasteiger partial charge in [-0.3, -0.25) is 4.79 Å². The van der Waals surface area contributed by atoms with Crippen LogP contribution in [0.25, 0.3) is 0 Å². The number of nitrogens with zero attached hydrogens (tertiary/aromatic N) is 1. The van der Waals surface area contributed by atoms with Crippen LogP contribution >= 0.6 is 15.9 Å². The van der Waals surface area contributed by atoms with Crippen LogP contribution in [0.1, 0.15) is 19.8 Å². The van der Waals surface area contributed by atoms with E-state index in [0.29, 0.717) is 17.4 Å². The van der Waals surface area contributed by atoms with Gasteiger partial charge >= 0.3 is 0 Å². The third kappa shape index (κ3) is 6.92. The van der Waals surface area contributed by atoms with Gasteiger partial charge in [0.25, 0.3) is 0 Å². The fourth-order valence-corrected chi connectivity index (χ4v) is 2.09. The summed E-state index contributed by atoms with van der Waals surface area (Å²) >= 11 is 3.07. The quantitative estimate of drug-likeness (QED) is 0.474. The molecule has 0 spiro atoms. The van der Waals surface area contributed by atoms with E-state index < -0.39 is 4.51 Å². The number of aliphatic hydroxyl groups is 1. The van der Waals surface area contributed by atoms with Crippen molar-refractivity contribution in [1.82, 2.24) is 0 Å². The Morgan fingerprint density at radius 2 is 1.86 bits per heavy atom. The van der Waals surface area contributed by atoms with E-state index in [9.17, 15) is 9.90 Å². The van der Waals surface area contributed by atoms with Crippen molar-refractivity contribution in [3.05, 3.63) is 0 Å². The van der Waals surface area contributed by atoms with Gasteiger partial charge in [-0.25, -0.2) is 0 Å². The van der Waals surface area contributed by atoms with Crippen molar-refractivity contribution in [2.24, 2.45) is 0 Å². The Bertz CT molecular complexity index is 188. The van der Waals surface area contributed by atoms with Crippen molar-refractivity contribution in [2.75, 3.05) is 27.7 Å². The highest BCUT2D eigenvalue weighted by atomic mass is 79.9. The normalized spacial score (nSPS) is 15.6. The van der Waals surface area contributed by atoms with Gasteiger partial charge in [0, 0.05) is 6.42 Å². The number of ketones is 1. The van der Waals surface area contributed by atoms with E-state index in [1.54, 1.807) is 0 Å². The summed E-state index contributed by atoms with van der Waals surface area (Å²) in [5, 5.41) is 9.80. The summed E-state index contributed by atoms with van der Waals surface area (Å²) in [7, 11) is 5.81. The van der Waals surface area contributed by atoms with Crippen molar-refractivity contribution >= 4 is 21.7 Å². The van der Waals surface area contributed by atoms with Gasteiger partial charge in [0.2, 0.25) is 4.51 Å². The van der Waals surface area contributed by atoms with E-state index in [2.05, 4.69) is 15.9 Å². The first-order chi connectivity index (χ1) is 5.69. The van der Waals surface area contributed by atoms with Gasteiger partial charge in [0.15, 0.2) is 5.78 Å². The molecule has 0 aliphatic carbocycles. The van der Waals surface area contributed by atoms with Crippen LogP contribution in [0.15, 0.2) is 0 Å². The molecule has 0 aromatic rings. The lowest BCUT2D eigenvalue weighted by Gasteiger charge is -2.30. The molecule has 1 atom stereocenters. The second kappa shape index (κ2) is 6.20. The van der Waals surface area contributed by atoms with Gasteiger partial charge in [0.05, 0.1) is 21.1 Å². The third-order valence-electron chi connectivity index (χ3n) is 1.59. The summed E-state index contributed by atoms with van der Waals surface area (Å²) in [5.41, 5.74) is 0. The Balaban J connectivity index is 0. The molecule has 86 valence electrons. The Morgan fingerprint density at radius 3 is 2.14 bits per heavy atom. The van der Waals surface area contributed by atoms with Crippen molar-refractivity contribution in [1.29, 1.82) is 0 Å². The molecule has 0 aliphatic rings. The smallest absolute Gasteiger partial charge is 0.227 e. The molecule has 0 amide bonds. The Morgan fingerprint density at radius 1 is 1.43 bits per heavy atom. The molecule has 1 unspecified atom stereocenters. The zero-order chi connectivity index (χ0) is 10.7. The average molecular weight is 333 g/mol. The van der Waals surface area contributed by atoms with E-state index in [-0.39, 0.29) is 22.8 Å². The van der Waals surface area contributed by atoms with Crippen molar-refractivity contribution < 1.29 is 31.4 Å². The van der Waals surface area contributed by atoms with Crippen molar-refractivity contribution in [3.63, 3.8) is 0 Å². The maximum absolute atomic E-state index is 11.4. The molecule has 1 N–H and O–H groups in total. The van der Waals surface area contributed by atoms with Crippen LogP contribution in [-0.4, -0.2) is 47.6 Å². The van der Waals surface area contributed by atoms with Gasteiger partial charge in [-0.2, -0.15) is 0 Å². The number of carbonyl (C=O) groups is 1. The second-order valence-corrected chi connectivity index (χ2v) is 5.69. The Labute approximate surface area is 105 Å². The molecule has 0 fully saturated rings. The number of likely N-dealkylation sites (N-methyl/N-ethyl adjacent to an activating group) is 1. The van der Waals surface area contributed by atoms with Crippen LogP contribution in [0.5, 0.6) is 0 Å². The summed E-state index contributed by atoms with van der Waals surface area (Å²) in [6.45, 7) is 2.30. The lowest BCUT2D eigenvalue weighted by atomic mass is 10.1. The van der Waals surface area contributed by atoms with Crippen LogP contribution in [-0.2, 0) is 4.79 Å². The number of hydrogen-bond acceptors (Lipinski definition) is 2. The molecule has 0 saturated heterocycles. The molecule has 0 aromatic carbocycles. The molecule has 3 nitrogen and oxygen atoms in total. The minimum absolute atomic E-state index is 0. The predicted molar refractivity (Wildman–Crippen MR) is 56.7 cm³/mol. The topological polar surface area (TPSA) is 37.3 Å². The Hall–Kier alpha value is 0.550. The highest BCUT2D eigenvalue weighted by Crippen LogP contribution is 2.20. The van der Waals surface area contributed by atoms with Crippen LogP contribution < -0.4 is 17.0 Å². The number of alkyl halides is 1. The van der Waals surface area contributed by atoms with E-state index in [4.69, 9.17) is 0 Å². The van der Waals surface area contributed by atoms with Crippen LogP contribution in [0.3, 0.4) is 0 Å². The third-order valence-corrected chi connectivity index (χ3v) is 2.28. The molecule has 0 saturated carbocycles. The fraction of sp³-hybridized carbons (Fsp3) is 0.889. The monoisotopic (exact) mass is 331 g/mol. The first kappa shape index (κ1) is 17.0. The number of rotatable bonds is 5. The van der Waals surface area contributed by atoms with Crippen LogP contribution in [0, 0.1) is 0 Å². The number of carbonyl (C=O) groups excluding carboxylic acids is 1. The minimum Gasteiger partial charge on any atom is -1.00 e. The highest BCUT2D eigenvalue weighted by molar-refractivity contribution is 9.10. The molecule has 5 heteroatoms. The molecule has 0 heterocycles. The molecular weight excluding hydrogens is 314 g/mol. The Kier molecular flexibility index (Phi) is 7.51. The van der Waals surface area contributed by atoms with Gasteiger partial charge in [-0.1, -0.05) is 6.92 Å². The van der Waals surface area contributed by atoms with Gasteiger partial charge in [-0.05, 0) is 22.4 Å². The number of Topliss-reactive ketones (excluding diaryl/α,β-unsaturated/α-hetero) is 1. The molecule has 0 aromatic heterocycles. The summed E-state index contributed by atoms with van der Waals surface area (Å²) in [4.78, 5) is 11.4. The van der Waals surface area contributed by atoms with E-state index in [1.807, 2.05) is 28.1 Å². The molecular formula is C9H19Br2NO2. The number of quaternary nitrogens is 1. The second-order valence-electron chi connectivity index (χ2n) is 4.38.